The van der Waals surface area contributed by atoms with Gasteiger partial charge in [-0.1, -0.05) is 38.0 Å². The summed E-state index contributed by atoms with van der Waals surface area (Å²) < 4.78 is 0. The lowest BCUT2D eigenvalue weighted by Gasteiger charge is -2.20. The third-order valence-electron chi connectivity index (χ3n) is 4.60. The van der Waals surface area contributed by atoms with Crippen LogP contribution < -0.4 is 0 Å². The first-order valence-corrected chi connectivity index (χ1v) is 7.31. The summed E-state index contributed by atoms with van der Waals surface area (Å²) in [5, 5.41) is 11.8. The molecule has 0 bridgehead atoms. The average molecular weight is 255 g/mol. The van der Waals surface area contributed by atoms with Gasteiger partial charge in [0, 0.05) is 11.6 Å². The molecule has 2 heteroatoms. The molecule has 3 rings (SSSR count). The van der Waals surface area contributed by atoms with Crippen LogP contribution in [0.1, 0.15) is 44.3 Å². The van der Waals surface area contributed by atoms with Gasteiger partial charge in [-0.05, 0) is 42.4 Å². The zero-order valence-corrected chi connectivity index (χ0v) is 11.4. The summed E-state index contributed by atoms with van der Waals surface area (Å²) in [6, 6.07) is 10.1. The van der Waals surface area contributed by atoms with Crippen molar-refractivity contribution in [3.8, 4) is 0 Å². The maximum Gasteiger partial charge on any atom is 0.0824 e. The highest BCUT2D eigenvalue weighted by atomic mass is 16.3. The van der Waals surface area contributed by atoms with Gasteiger partial charge in [-0.3, -0.25) is 4.98 Å². The van der Waals surface area contributed by atoms with E-state index in [-0.39, 0.29) is 6.10 Å². The number of pyridine rings is 1. The van der Waals surface area contributed by atoms with E-state index in [0.717, 1.165) is 35.2 Å². The third kappa shape index (κ3) is 2.37. The summed E-state index contributed by atoms with van der Waals surface area (Å²) in [4.78, 5) is 4.37. The highest BCUT2D eigenvalue weighted by Gasteiger charge is 2.30. The van der Waals surface area contributed by atoms with E-state index in [4.69, 9.17) is 0 Å². The van der Waals surface area contributed by atoms with Gasteiger partial charge in [-0.2, -0.15) is 0 Å². The number of hydrogen-bond acceptors (Lipinski definition) is 2. The van der Waals surface area contributed by atoms with Crippen molar-refractivity contribution in [2.75, 3.05) is 0 Å². The highest BCUT2D eigenvalue weighted by Crippen LogP contribution is 2.41. The van der Waals surface area contributed by atoms with E-state index >= 15 is 0 Å². The summed E-state index contributed by atoms with van der Waals surface area (Å²) in [5.74, 6) is 1.21. The van der Waals surface area contributed by atoms with Crippen LogP contribution in [0.3, 0.4) is 0 Å². The van der Waals surface area contributed by atoms with Crippen LogP contribution in [0, 0.1) is 11.8 Å². The molecule has 0 amide bonds. The Kier molecular flexibility index (Phi) is 3.52. The summed E-state index contributed by atoms with van der Waals surface area (Å²) in [6.07, 6.45) is 6.28. The van der Waals surface area contributed by atoms with E-state index in [1.807, 2.05) is 24.3 Å². The Hall–Kier alpha value is -1.41. The van der Waals surface area contributed by atoms with Crippen molar-refractivity contribution < 1.29 is 5.11 Å². The van der Waals surface area contributed by atoms with Crippen molar-refractivity contribution in [3.63, 3.8) is 0 Å². The summed E-state index contributed by atoms with van der Waals surface area (Å²) in [7, 11) is 0. The Labute approximate surface area is 114 Å². The fourth-order valence-corrected chi connectivity index (χ4v) is 3.41. The summed E-state index contributed by atoms with van der Waals surface area (Å²) in [6.45, 7) is 2.25. The molecule has 100 valence electrons. The van der Waals surface area contributed by atoms with Crippen LogP contribution in [0.2, 0.25) is 0 Å². The predicted octanol–water partition coefficient (Wildman–Crippen LogP) is 4.09. The molecule has 1 fully saturated rings. The fraction of sp³-hybridized carbons (Fsp3) is 0.471. The zero-order chi connectivity index (χ0) is 13.2. The molecule has 1 aliphatic carbocycles. The number of fused-ring (bicyclic) bond motifs is 1. The number of aromatic nitrogens is 1. The van der Waals surface area contributed by atoms with Gasteiger partial charge in [0.2, 0.25) is 0 Å². The number of nitrogens with zero attached hydrogens (tertiary/aromatic N) is 1. The van der Waals surface area contributed by atoms with E-state index < -0.39 is 0 Å². The minimum atomic E-state index is -0.343. The highest BCUT2D eigenvalue weighted by molar-refractivity contribution is 5.82. The van der Waals surface area contributed by atoms with Crippen LogP contribution in [-0.4, -0.2) is 10.1 Å². The second-order valence-corrected chi connectivity index (χ2v) is 5.71. The van der Waals surface area contributed by atoms with Crippen LogP contribution in [-0.2, 0) is 0 Å². The van der Waals surface area contributed by atoms with Gasteiger partial charge < -0.3 is 5.11 Å². The maximum atomic E-state index is 10.7. The molecule has 0 radical (unpaired) electrons. The third-order valence-corrected chi connectivity index (χ3v) is 4.60. The first-order chi connectivity index (χ1) is 9.29. The van der Waals surface area contributed by atoms with Crippen molar-refractivity contribution in [3.05, 3.63) is 42.1 Å². The number of rotatable bonds is 3. The van der Waals surface area contributed by atoms with Gasteiger partial charge in [-0.25, -0.2) is 0 Å². The molecule has 3 atom stereocenters. The number of hydrogen-bond donors (Lipinski definition) is 1. The first-order valence-electron chi connectivity index (χ1n) is 7.31. The minimum Gasteiger partial charge on any atom is -0.388 e. The Balaban J connectivity index is 1.92. The number of benzene rings is 1. The molecule has 2 nitrogen and oxygen atoms in total. The van der Waals surface area contributed by atoms with Gasteiger partial charge in [0.1, 0.15) is 0 Å². The largest absolute Gasteiger partial charge is 0.388 e. The Morgan fingerprint density at radius 3 is 2.95 bits per heavy atom. The average Bonchev–Trinajstić information content (AvgIpc) is 2.95. The van der Waals surface area contributed by atoms with E-state index in [2.05, 4.69) is 18.0 Å². The molecule has 1 saturated carbocycles. The normalized spacial score (nSPS) is 24.7. The summed E-state index contributed by atoms with van der Waals surface area (Å²) >= 11 is 0. The van der Waals surface area contributed by atoms with Crippen LogP contribution >= 0.6 is 0 Å². The van der Waals surface area contributed by atoms with Crippen LogP contribution in [0.15, 0.2) is 36.5 Å². The molecule has 1 heterocycles. The second kappa shape index (κ2) is 5.30. The lowest BCUT2D eigenvalue weighted by molar-refractivity contribution is 0.110. The molecule has 0 aliphatic heterocycles. The van der Waals surface area contributed by atoms with E-state index in [0.29, 0.717) is 5.92 Å². The molecule has 2 aromatic rings. The Bertz CT molecular complexity index is 561. The molecule has 0 saturated heterocycles. The lowest BCUT2D eigenvalue weighted by atomic mass is 9.91. The minimum absolute atomic E-state index is 0.343. The number of aliphatic hydroxyl groups excluding tert-OH is 1. The van der Waals surface area contributed by atoms with Gasteiger partial charge >= 0.3 is 0 Å². The molecule has 0 spiro atoms. The lowest BCUT2D eigenvalue weighted by Crippen LogP contribution is -2.10. The Morgan fingerprint density at radius 2 is 2.16 bits per heavy atom. The molecule has 1 aliphatic rings. The second-order valence-electron chi connectivity index (χ2n) is 5.71. The van der Waals surface area contributed by atoms with Crippen molar-refractivity contribution in [2.45, 2.75) is 38.7 Å². The molecule has 1 aromatic heterocycles. The molecular formula is C17H21NO. The van der Waals surface area contributed by atoms with E-state index in [1.165, 1.54) is 12.8 Å². The quantitative estimate of drug-likeness (QED) is 0.896. The molecule has 1 aromatic carbocycles. The summed E-state index contributed by atoms with van der Waals surface area (Å²) in [5.41, 5.74) is 2.02. The van der Waals surface area contributed by atoms with Crippen molar-refractivity contribution >= 4 is 10.9 Å². The zero-order valence-electron chi connectivity index (χ0n) is 11.4. The monoisotopic (exact) mass is 255 g/mol. The number of aliphatic hydroxyl groups is 1. The predicted molar refractivity (Wildman–Crippen MR) is 77.8 cm³/mol. The van der Waals surface area contributed by atoms with E-state index in [1.54, 1.807) is 6.20 Å². The van der Waals surface area contributed by atoms with Gasteiger partial charge in [0.05, 0.1) is 11.6 Å². The smallest absolute Gasteiger partial charge is 0.0824 e. The van der Waals surface area contributed by atoms with Crippen LogP contribution in [0.25, 0.3) is 10.9 Å². The van der Waals surface area contributed by atoms with Gasteiger partial charge in [0.25, 0.3) is 0 Å². The Morgan fingerprint density at radius 1 is 1.26 bits per heavy atom. The van der Waals surface area contributed by atoms with Gasteiger partial charge in [-0.15, -0.1) is 0 Å². The van der Waals surface area contributed by atoms with Crippen LogP contribution in [0.5, 0.6) is 0 Å². The molecule has 3 unspecified atom stereocenters. The topological polar surface area (TPSA) is 33.1 Å². The van der Waals surface area contributed by atoms with Crippen molar-refractivity contribution in [1.82, 2.24) is 4.98 Å². The van der Waals surface area contributed by atoms with Crippen LogP contribution in [0.4, 0.5) is 0 Å². The van der Waals surface area contributed by atoms with Gasteiger partial charge in [0.15, 0.2) is 0 Å². The molecule has 19 heavy (non-hydrogen) atoms. The van der Waals surface area contributed by atoms with Crippen molar-refractivity contribution in [1.29, 1.82) is 0 Å². The molecule has 1 N–H and O–H groups in total. The standard InChI is InChI=1S/C17H21NO/c1-2-12-8-9-13(11-12)17(19)15-5-3-7-16-14(15)6-4-10-18-16/h3-7,10,12-13,17,19H,2,8-9,11H2,1H3. The SMILES string of the molecule is CCC1CCC(C(O)c2cccc3ncccc23)C1. The van der Waals surface area contributed by atoms with E-state index in [9.17, 15) is 5.11 Å². The molecular weight excluding hydrogens is 234 g/mol. The fourth-order valence-electron chi connectivity index (χ4n) is 3.41. The first kappa shape index (κ1) is 12.6. The van der Waals surface area contributed by atoms with Crippen molar-refractivity contribution in [2.24, 2.45) is 11.8 Å². The maximum absolute atomic E-state index is 10.7.